The van der Waals surface area contributed by atoms with Crippen molar-refractivity contribution in [3.63, 3.8) is 0 Å². The summed E-state index contributed by atoms with van der Waals surface area (Å²) < 4.78 is 0. The average Bonchev–Trinajstić information content (AvgIpc) is 2.74. The van der Waals surface area contributed by atoms with Crippen molar-refractivity contribution >= 4 is 23.0 Å². The quantitative estimate of drug-likeness (QED) is 0.391. The molecule has 4 heteroatoms. The molecule has 0 atom stereocenters. The van der Waals surface area contributed by atoms with E-state index >= 15 is 0 Å². The number of hydrogen-bond donors (Lipinski definition) is 3. The number of anilines is 3. The van der Waals surface area contributed by atoms with Crippen molar-refractivity contribution in [1.29, 1.82) is 0 Å². The maximum atomic E-state index is 11.3. The van der Waals surface area contributed by atoms with Crippen molar-refractivity contribution < 1.29 is 9.90 Å². The first-order valence-corrected chi connectivity index (χ1v) is 10.2. The zero-order valence-corrected chi connectivity index (χ0v) is 16.8. The Morgan fingerprint density at radius 3 is 2.38 bits per heavy atom. The third-order valence-corrected chi connectivity index (χ3v) is 4.83. The van der Waals surface area contributed by atoms with Crippen LogP contribution in [0.4, 0.5) is 17.1 Å². The lowest BCUT2D eigenvalue weighted by molar-refractivity contribution is 0.0698. The minimum Gasteiger partial charge on any atom is -0.478 e. The van der Waals surface area contributed by atoms with Gasteiger partial charge < -0.3 is 15.7 Å². The lowest BCUT2D eigenvalue weighted by atomic mass is 10.0. The highest BCUT2D eigenvalue weighted by atomic mass is 16.4. The van der Waals surface area contributed by atoms with Crippen molar-refractivity contribution in [2.24, 2.45) is 0 Å². The average molecular weight is 389 g/mol. The SMILES string of the molecule is CCCNc1cccc(CCCc2ccc(Nc3ccccc3C(=O)O)cc2)c1. The molecule has 29 heavy (non-hydrogen) atoms. The molecule has 3 aromatic rings. The number of benzene rings is 3. The lowest BCUT2D eigenvalue weighted by Crippen LogP contribution is -2.02. The Kier molecular flexibility index (Phi) is 7.28. The van der Waals surface area contributed by atoms with Crippen LogP contribution in [0.5, 0.6) is 0 Å². The van der Waals surface area contributed by atoms with Gasteiger partial charge in [-0.1, -0.05) is 43.3 Å². The van der Waals surface area contributed by atoms with E-state index in [1.165, 1.54) is 16.8 Å². The number of aryl methyl sites for hydroxylation is 2. The van der Waals surface area contributed by atoms with Crippen molar-refractivity contribution in [2.75, 3.05) is 17.2 Å². The molecular weight excluding hydrogens is 360 g/mol. The second-order valence-corrected chi connectivity index (χ2v) is 7.15. The fraction of sp³-hybridized carbons (Fsp3) is 0.240. The molecule has 0 aliphatic rings. The van der Waals surface area contributed by atoms with E-state index in [1.54, 1.807) is 18.2 Å². The molecule has 0 bridgehead atoms. The number of nitrogens with one attached hydrogen (secondary N) is 2. The largest absolute Gasteiger partial charge is 0.478 e. The molecule has 0 aromatic heterocycles. The predicted octanol–water partition coefficient (Wildman–Crippen LogP) is 6.13. The zero-order valence-electron chi connectivity index (χ0n) is 16.8. The van der Waals surface area contributed by atoms with Gasteiger partial charge in [0.1, 0.15) is 0 Å². The number of para-hydroxylation sites is 1. The van der Waals surface area contributed by atoms with Gasteiger partial charge in [-0.25, -0.2) is 4.79 Å². The molecule has 150 valence electrons. The fourth-order valence-electron chi connectivity index (χ4n) is 3.29. The second-order valence-electron chi connectivity index (χ2n) is 7.15. The third kappa shape index (κ3) is 6.11. The minimum absolute atomic E-state index is 0.271. The van der Waals surface area contributed by atoms with Gasteiger partial charge in [0.2, 0.25) is 0 Å². The maximum absolute atomic E-state index is 11.3. The molecule has 3 aromatic carbocycles. The van der Waals surface area contributed by atoms with Crippen molar-refractivity contribution in [3.8, 4) is 0 Å². The summed E-state index contributed by atoms with van der Waals surface area (Å²) in [4.78, 5) is 11.3. The van der Waals surface area contributed by atoms with Crippen LogP contribution in [-0.4, -0.2) is 17.6 Å². The van der Waals surface area contributed by atoms with Gasteiger partial charge in [0.25, 0.3) is 0 Å². The van der Waals surface area contributed by atoms with E-state index in [1.807, 2.05) is 18.2 Å². The van der Waals surface area contributed by atoms with E-state index in [4.69, 9.17) is 0 Å². The summed E-state index contributed by atoms with van der Waals surface area (Å²) >= 11 is 0. The van der Waals surface area contributed by atoms with Gasteiger partial charge in [-0.3, -0.25) is 0 Å². The van der Waals surface area contributed by atoms with E-state index in [9.17, 15) is 9.90 Å². The van der Waals surface area contributed by atoms with Crippen LogP contribution in [0.15, 0.2) is 72.8 Å². The van der Waals surface area contributed by atoms with Crippen LogP contribution in [0, 0.1) is 0 Å². The van der Waals surface area contributed by atoms with E-state index in [2.05, 4.69) is 54.0 Å². The highest BCUT2D eigenvalue weighted by molar-refractivity contribution is 5.95. The fourth-order valence-corrected chi connectivity index (χ4v) is 3.29. The van der Waals surface area contributed by atoms with Gasteiger partial charge in [-0.15, -0.1) is 0 Å². The van der Waals surface area contributed by atoms with E-state index in [0.717, 1.165) is 37.9 Å². The molecule has 4 nitrogen and oxygen atoms in total. The molecule has 3 N–H and O–H groups in total. The van der Waals surface area contributed by atoms with Gasteiger partial charge in [-0.05, 0) is 73.2 Å². The van der Waals surface area contributed by atoms with Crippen LogP contribution in [0.1, 0.15) is 41.3 Å². The maximum Gasteiger partial charge on any atom is 0.337 e. The molecule has 0 fully saturated rings. The number of carboxylic acids is 1. The summed E-state index contributed by atoms with van der Waals surface area (Å²) in [6.45, 7) is 3.17. The van der Waals surface area contributed by atoms with Gasteiger partial charge in [-0.2, -0.15) is 0 Å². The third-order valence-electron chi connectivity index (χ3n) is 4.83. The molecule has 0 radical (unpaired) electrons. The number of hydrogen-bond acceptors (Lipinski definition) is 3. The summed E-state index contributed by atoms with van der Waals surface area (Å²) in [7, 11) is 0. The highest BCUT2D eigenvalue weighted by Gasteiger charge is 2.08. The van der Waals surface area contributed by atoms with Gasteiger partial charge in [0.05, 0.1) is 11.3 Å². The first kappa shape index (κ1) is 20.5. The molecule has 0 saturated heterocycles. The van der Waals surface area contributed by atoms with Crippen molar-refractivity contribution in [1.82, 2.24) is 0 Å². The molecule has 0 aliphatic carbocycles. The van der Waals surface area contributed by atoms with E-state index in [-0.39, 0.29) is 5.56 Å². The second kappa shape index (κ2) is 10.3. The summed E-state index contributed by atoms with van der Waals surface area (Å²) in [6, 6.07) is 23.8. The normalized spacial score (nSPS) is 10.5. The first-order valence-electron chi connectivity index (χ1n) is 10.2. The number of carbonyl (C=O) groups is 1. The Morgan fingerprint density at radius 1 is 0.862 bits per heavy atom. The van der Waals surface area contributed by atoms with Crippen LogP contribution in [0.3, 0.4) is 0 Å². The van der Waals surface area contributed by atoms with Crippen molar-refractivity contribution in [3.05, 3.63) is 89.5 Å². The Morgan fingerprint density at radius 2 is 1.62 bits per heavy atom. The Labute approximate surface area is 172 Å². The van der Waals surface area contributed by atoms with Crippen LogP contribution in [0.25, 0.3) is 0 Å². The molecule has 0 spiro atoms. The molecule has 0 aliphatic heterocycles. The van der Waals surface area contributed by atoms with Gasteiger partial charge in [0, 0.05) is 17.9 Å². The Balaban J connectivity index is 1.53. The predicted molar refractivity (Wildman–Crippen MR) is 120 cm³/mol. The molecule has 0 heterocycles. The lowest BCUT2D eigenvalue weighted by Gasteiger charge is -2.10. The van der Waals surface area contributed by atoms with Gasteiger partial charge >= 0.3 is 5.97 Å². The van der Waals surface area contributed by atoms with Crippen LogP contribution in [0.2, 0.25) is 0 Å². The van der Waals surface area contributed by atoms with E-state index < -0.39 is 5.97 Å². The Hall–Kier alpha value is -3.27. The number of rotatable bonds is 10. The first-order chi connectivity index (χ1) is 14.2. The summed E-state index contributed by atoms with van der Waals surface area (Å²) in [6.07, 6.45) is 4.27. The standard InChI is InChI=1S/C25H28N2O2/c1-2-17-26-22-10-6-9-20(18-22)8-5-7-19-13-15-21(16-14-19)27-24-12-4-3-11-23(24)25(28)29/h3-4,6,9-16,18,26-27H,2,5,7-8,17H2,1H3,(H,28,29). The van der Waals surface area contributed by atoms with Crippen LogP contribution < -0.4 is 10.6 Å². The summed E-state index contributed by atoms with van der Waals surface area (Å²) in [5, 5.41) is 15.9. The van der Waals surface area contributed by atoms with Crippen molar-refractivity contribution in [2.45, 2.75) is 32.6 Å². The zero-order chi connectivity index (χ0) is 20.5. The van der Waals surface area contributed by atoms with E-state index in [0.29, 0.717) is 5.69 Å². The molecule has 3 rings (SSSR count). The molecular formula is C25H28N2O2. The molecule has 0 saturated carbocycles. The molecule has 0 amide bonds. The topological polar surface area (TPSA) is 61.4 Å². The minimum atomic E-state index is -0.932. The summed E-state index contributed by atoms with van der Waals surface area (Å²) in [5.74, 6) is -0.932. The van der Waals surface area contributed by atoms with Crippen LogP contribution in [-0.2, 0) is 12.8 Å². The summed E-state index contributed by atoms with van der Waals surface area (Å²) in [5.41, 5.74) is 5.59. The van der Waals surface area contributed by atoms with Crippen LogP contribution >= 0.6 is 0 Å². The smallest absolute Gasteiger partial charge is 0.337 e. The number of carboxylic acid groups (broad SMARTS) is 1. The van der Waals surface area contributed by atoms with Gasteiger partial charge in [0.15, 0.2) is 0 Å². The monoisotopic (exact) mass is 388 g/mol. The highest BCUT2D eigenvalue weighted by Crippen LogP contribution is 2.22. The molecule has 0 unspecified atom stereocenters. The Bertz CT molecular complexity index is 936. The number of aromatic carboxylic acids is 1.